The molecule has 1 rings (SSSR count). The Morgan fingerprint density at radius 1 is 0.789 bits per heavy atom. The summed E-state index contributed by atoms with van der Waals surface area (Å²) < 4.78 is 0. The Labute approximate surface area is 117 Å². The highest BCUT2D eigenvalue weighted by molar-refractivity contribution is 5.01. The van der Waals surface area contributed by atoms with Gasteiger partial charge in [-0.1, -0.05) is 24.3 Å². The van der Waals surface area contributed by atoms with Crippen molar-refractivity contribution in [2.75, 3.05) is 0 Å². The van der Waals surface area contributed by atoms with Crippen LogP contribution in [0, 0.1) is 5.21 Å². The van der Waals surface area contributed by atoms with Gasteiger partial charge in [-0.25, -0.2) is 0 Å². The van der Waals surface area contributed by atoms with E-state index >= 15 is 0 Å². The molecule has 0 bridgehead atoms. The SMILES string of the molecule is C=CCC1(CC=C)CCCC(CC=C)(CC=C)[NH+]1[O-]. The van der Waals surface area contributed by atoms with Crippen LogP contribution in [0.1, 0.15) is 44.9 Å². The van der Waals surface area contributed by atoms with Gasteiger partial charge in [-0.05, 0) is 6.42 Å². The fourth-order valence-corrected chi connectivity index (χ4v) is 3.61. The molecule has 0 aliphatic carbocycles. The predicted molar refractivity (Wildman–Crippen MR) is 82.9 cm³/mol. The van der Waals surface area contributed by atoms with Crippen LogP contribution in [0.2, 0.25) is 0 Å². The maximum absolute atomic E-state index is 13.1. The van der Waals surface area contributed by atoms with Gasteiger partial charge in [0.2, 0.25) is 0 Å². The smallest absolute Gasteiger partial charge is 0.105 e. The van der Waals surface area contributed by atoms with E-state index in [1.807, 2.05) is 24.3 Å². The summed E-state index contributed by atoms with van der Waals surface area (Å²) in [5.74, 6) is 0. The molecule has 19 heavy (non-hydrogen) atoms. The standard InChI is InChI=1S/C17H27NO/c1-5-10-16(11-6-2)14-9-15-17(12-7-3,13-8-4)18(16)19/h5-8,18H,1-4,9-15H2. The molecule has 0 saturated carbocycles. The zero-order valence-electron chi connectivity index (χ0n) is 12.0. The third-order valence-corrected chi connectivity index (χ3v) is 4.41. The van der Waals surface area contributed by atoms with Crippen molar-refractivity contribution in [1.82, 2.24) is 0 Å². The Bertz CT molecular complexity index is 293. The number of nitrogens with one attached hydrogen (secondary N) is 1. The van der Waals surface area contributed by atoms with Crippen LogP contribution in [0.15, 0.2) is 50.6 Å². The highest BCUT2D eigenvalue weighted by Crippen LogP contribution is 2.33. The normalized spacial score (nSPS) is 21.5. The summed E-state index contributed by atoms with van der Waals surface area (Å²) in [5, 5.41) is 13.5. The molecule has 1 fully saturated rings. The molecule has 2 heteroatoms. The van der Waals surface area contributed by atoms with Crippen LogP contribution >= 0.6 is 0 Å². The zero-order chi connectivity index (χ0) is 14.4. The average Bonchev–Trinajstić information content (AvgIpc) is 2.37. The fraction of sp³-hybridized carbons (Fsp3) is 0.529. The van der Waals surface area contributed by atoms with E-state index in [-0.39, 0.29) is 11.1 Å². The lowest BCUT2D eigenvalue weighted by Gasteiger charge is -2.57. The van der Waals surface area contributed by atoms with E-state index in [4.69, 9.17) is 0 Å². The van der Waals surface area contributed by atoms with Gasteiger partial charge in [-0.2, -0.15) is 0 Å². The summed E-state index contributed by atoms with van der Waals surface area (Å²) in [5.41, 5.74) is -0.596. The molecule has 0 unspecified atom stereocenters. The van der Waals surface area contributed by atoms with Gasteiger partial charge in [-0.3, -0.25) is 0 Å². The van der Waals surface area contributed by atoms with Gasteiger partial charge in [0.15, 0.2) is 0 Å². The molecule has 0 radical (unpaired) electrons. The van der Waals surface area contributed by atoms with E-state index in [2.05, 4.69) is 26.3 Å². The van der Waals surface area contributed by atoms with Crippen molar-refractivity contribution in [2.24, 2.45) is 0 Å². The summed E-state index contributed by atoms with van der Waals surface area (Å²) in [6.07, 6.45) is 13.4. The minimum atomic E-state index is -0.298. The predicted octanol–water partition coefficient (Wildman–Crippen LogP) is 3.34. The van der Waals surface area contributed by atoms with Crippen LogP contribution in [0.5, 0.6) is 0 Å². The molecule has 0 spiro atoms. The highest BCUT2D eigenvalue weighted by atomic mass is 16.5. The van der Waals surface area contributed by atoms with Gasteiger partial charge in [0, 0.05) is 38.5 Å². The largest absolute Gasteiger partial charge is 0.633 e. The highest BCUT2D eigenvalue weighted by Gasteiger charge is 2.49. The van der Waals surface area contributed by atoms with Crippen molar-refractivity contribution in [3.8, 4) is 0 Å². The van der Waals surface area contributed by atoms with E-state index in [0.717, 1.165) is 44.9 Å². The minimum Gasteiger partial charge on any atom is -0.633 e. The quantitative estimate of drug-likeness (QED) is 0.526. The molecule has 0 amide bonds. The van der Waals surface area contributed by atoms with Gasteiger partial charge < -0.3 is 10.3 Å². The van der Waals surface area contributed by atoms with Crippen molar-refractivity contribution >= 4 is 0 Å². The second-order valence-corrected chi connectivity index (χ2v) is 5.71. The van der Waals surface area contributed by atoms with Crippen LogP contribution < -0.4 is 5.06 Å². The first-order chi connectivity index (χ1) is 9.10. The summed E-state index contributed by atoms with van der Waals surface area (Å²) in [7, 11) is 0. The maximum Gasteiger partial charge on any atom is 0.105 e. The number of rotatable bonds is 8. The summed E-state index contributed by atoms with van der Waals surface area (Å²) in [6.45, 7) is 15.3. The molecule has 0 atom stereocenters. The maximum atomic E-state index is 13.1. The first-order valence-electron chi connectivity index (χ1n) is 7.09. The van der Waals surface area contributed by atoms with Crippen LogP contribution in [0.25, 0.3) is 0 Å². The van der Waals surface area contributed by atoms with Crippen LogP contribution in [0.4, 0.5) is 0 Å². The molecular formula is C17H27NO. The van der Waals surface area contributed by atoms with Crippen molar-refractivity contribution in [2.45, 2.75) is 56.0 Å². The Morgan fingerprint density at radius 3 is 1.37 bits per heavy atom. The van der Waals surface area contributed by atoms with Crippen molar-refractivity contribution in [3.05, 3.63) is 55.8 Å². The number of piperidine rings is 1. The van der Waals surface area contributed by atoms with Gasteiger partial charge in [0.25, 0.3) is 0 Å². The molecular weight excluding hydrogens is 234 g/mol. The Kier molecular flexibility index (Phi) is 5.77. The minimum absolute atomic E-state index is 0.298. The number of quaternary nitrogens is 1. The van der Waals surface area contributed by atoms with E-state index in [9.17, 15) is 5.21 Å². The molecule has 1 heterocycles. The Hall–Kier alpha value is -1.12. The van der Waals surface area contributed by atoms with Crippen molar-refractivity contribution in [3.63, 3.8) is 0 Å². The number of hydroxylamine groups is 2. The van der Waals surface area contributed by atoms with Crippen molar-refractivity contribution < 1.29 is 5.06 Å². The van der Waals surface area contributed by atoms with Crippen LogP contribution in [-0.2, 0) is 0 Å². The molecule has 0 aromatic heterocycles. The third kappa shape index (κ3) is 3.07. The molecule has 0 aromatic rings. The molecule has 1 saturated heterocycles. The van der Waals surface area contributed by atoms with Crippen LogP contribution in [-0.4, -0.2) is 11.1 Å². The summed E-state index contributed by atoms with van der Waals surface area (Å²) >= 11 is 0. The lowest BCUT2D eigenvalue weighted by Crippen LogP contribution is -3.24. The molecule has 1 aliphatic heterocycles. The topological polar surface area (TPSA) is 27.5 Å². The van der Waals surface area contributed by atoms with E-state index < -0.39 is 0 Å². The Morgan fingerprint density at radius 2 is 1.11 bits per heavy atom. The van der Waals surface area contributed by atoms with E-state index in [1.165, 1.54) is 0 Å². The van der Waals surface area contributed by atoms with E-state index in [0.29, 0.717) is 5.06 Å². The zero-order valence-corrected chi connectivity index (χ0v) is 12.0. The number of hydrogen-bond donors (Lipinski definition) is 1. The average molecular weight is 261 g/mol. The molecule has 1 aliphatic rings. The first-order valence-corrected chi connectivity index (χ1v) is 7.09. The lowest BCUT2D eigenvalue weighted by atomic mass is 9.72. The summed E-state index contributed by atoms with van der Waals surface area (Å²) in [6, 6.07) is 0. The fourth-order valence-electron chi connectivity index (χ4n) is 3.61. The lowest BCUT2D eigenvalue weighted by molar-refractivity contribution is -0.962. The van der Waals surface area contributed by atoms with Gasteiger partial charge in [0.05, 0.1) is 0 Å². The van der Waals surface area contributed by atoms with Crippen LogP contribution in [0.3, 0.4) is 0 Å². The van der Waals surface area contributed by atoms with Crippen molar-refractivity contribution in [1.29, 1.82) is 0 Å². The number of hydrogen-bond acceptors (Lipinski definition) is 1. The van der Waals surface area contributed by atoms with Gasteiger partial charge >= 0.3 is 0 Å². The second-order valence-electron chi connectivity index (χ2n) is 5.71. The molecule has 1 N–H and O–H groups in total. The Balaban J connectivity index is 3.13. The molecule has 0 aromatic carbocycles. The van der Waals surface area contributed by atoms with Gasteiger partial charge in [0.1, 0.15) is 11.1 Å². The third-order valence-electron chi connectivity index (χ3n) is 4.41. The first kappa shape index (κ1) is 15.9. The monoisotopic (exact) mass is 261 g/mol. The molecule has 106 valence electrons. The second kappa shape index (κ2) is 6.88. The van der Waals surface area contributed by atoms with E-state index in [1.54, 1.807) is 0 Å². The molecule has 2 nitrogen and oxygen atoms in total. The van der Waals surface area contributed by atoms with Gasteiger partial charge in [-0.15, -0.1) is 26.3 Å². The summed E-state index contributed by atoms with van der Waals surface area (Å²) in [4.78, 5) is 0.